The number of carbonyl (C=O) groups is 1. The van der Waals surface area contributed by atoms with Crippen molar-refractivity contribution in [2.75, 3.05) is 0 Å². The summed E-state index contributed by atoms with van der Waals surface area (Å²) in [6, 6.07) is 17.4. The molecule has 4 rings (SSSR count). The first-order chi connectivity index (χ1) is 17.1. The van der Waals surface area contributed by atoms with Gasteiger partial charge in [-0.2, -0.15) is 0 Å². The molecule has 6 nitrogen and oxygen atoms in total. The molecule has 1 atom stereocenters. The molecule has 0 aliphatic carbocycles. The molecule has 0 N–H and O–H groups in total. The summed E-state index contributed by atoms with van der Waals surface area (Å²) in [5.41, 5.74) is 2.48. The van der Waals surface area contributed by atoms with Gasteiger partial charge in [0.25, 0.3) is 0 Å². The first-order valence-corrected chi connectivity index (χ1v) is 11.4. The largest absolute Gasteiger partial charge is 0.573 e. The highest BCUT2D eigenvalue weighted by Gasteiger charge is 2.31. The van der Waals surface area contributed by atoms with Crippen LogP contribution in [-0.4, -0.2) is 27.1 Å². The molecule has 4 aromatic rings. The first kappa shape index (κ1) is 25.5. The van der Waals surface area contributed by atoms with Crippen molar-refractivity contribution in [2.45, 2.75) is 25.8 Å². The fourth-order valence-electron chi connectivity index (χ4n) is 3.46. The maximum absolute atomic E-state index is 12.4. The third-order valence-corrected chi connectivity index (χ3v) is 5.76. The van der Waals surface area contributed by atoms with Crippen molar-refractivity contribution in [1.29, 1.82) is 0 Å². The van der Waals surface area contributed by atoms with Crippen molar-refractivity contribution >= 4 is 29.2 Å². The number of nitrogens with zero attached hydrogens (tertiary/aromatic N) is 3. The van der Waals surface area contributed by atoms with E-state index in [1.54, 1.807) is 49.4 Å². The van der Waals surface area contributed by atoms with E-state index in [4.69, 9.17) is 27.9 Å². The molecule has 11 heteroatoms. The van der Waals surface area contributed by atoms with E-state index in [2.05, 4.69) is 14.8 Å². The summed E-state index contributed by atoms with van der Waals surface area (Å²) < 4.78 is 47.8. The van der Waals surface area contributed by atoms with Crippen molar-refractivity contribution < 1.29 is 27.4 Å². The van der Waals surface area contributed by atoms with Crippen molar-refractivity contribution in [1.82, 2.24) is 14.8 Å². The Labute approximate surface area is 214 Å². The Morgan fingerprint density at radius 1 is 1.00 bits per heavy atom. The monoisotopic (exact) mass is 535 g/mol. The minimum absolute atomic E-state index is 0.0426. The van der Waals surface area contributed by atoms with Crippen LogP contribution >= 0.6 is 23.2 Å². The molecule has 0 amide bonds. The molecular weight excluding hydrogens is 518 g/mol. The number of halogens is 5. The zero-order chi connectivity index (χ0) is 25.9. The van der Waals surface area contributed by atoms with E-state index in [0.717, 1.165) is 5.56 Å². The zero-order valence-electron chi connectivity index (χ0n) is 18.7. The number of rotatable bonds is 7. The summed E-state index contributed by atoms with van der Waals surface area (Å²) in [4.78, 5) is 16.7. The fourth-order valence-corrected chi connectivity index (χ4v) is 4.16. The van der Waals surface area contributed by atoms with Gasteiger partial charge in [0.05, 0.1) is 12.1 Å². The third-order valence-electron chi connectivity index (χ3n) is 5.10. The Hall–Kier alpha value is -3.56. The molecule has 0 aliphatic rings. The highest BCUT2D eigenvalue weighted by molar-refractivity contribution is 6.36. The second kappa shape index (κ2) is 10.6. The van der Waals surface area contributed by atoms with Crippen LogP contribution < -0.4 is 4.74 Å². The van der Waals surface area contributed by atoms with E-state index in [1.165, 1.54) is 35.3 Å². The molecule has 0 aliphatic heterocycles. The lowest BCUT2D eigenvalue weighted by Gasteiger charge is -2.16. The third kappa shape index (κ3) is 6.35. The van der Waals surface area contributed by atoms with Crippen LogP contribution in [0.3, 0.4) is 0 Å². The number of hydrogen-bond acceptors (Lipinski definition) is 5. The predicted octanol–water partition coefficient (Wildman–Crippen LogP) is 6.99. The van der Waals surface area contributed by atoms with Crippen LogP contribution in [0, 0.1) is 0 Å². The number of ether oxygens (including phenoxy) is 2. The Morgan fingerprint density at radius 2 is 1.64 bits per heavy atom. The van der Waals surface area contributed by atoms with Crippen molar-refractivity contribution in [3.8, 4) is 22.8 Å². The highest BCUT2D eigenvalue weighted by Crippen LogP contribution is 2.32. The summed E-state index contributed by atoms with van der Waals surface area (Å²) in [7, 11) is 0. The fraction of sp³-hybridized carbons (Fsp3) is 0.160. The van der Waals surface area contributed by atoms with Gasteiger partial charge in [0, 0.05) is 21.2 Å². The van der Waals surface area contributed by atoms with Crippen molar-refractivity contribution in [2.24, 2.45) is 0 Å². The van der Waals surface area contributed by atoms with Crippen LogP contribution in [0.15, 0.2) is 73.1 Å². The van der Waals surface area contributed by atoms with Crippen LogP contribution in [0.2, 0.25) is 10.0 Å². The van der Waals surface area contributed by atoms with E-state index in [-0.39, 0.29) is 12.2 Å². The lowest BCUT2D eigenvalue weighted by atomic mass is 10.1. The normalized spacial score (nSPS) is 12.3. The Morgan fingerprint density at radius 3 is 2.25 bits per heavy atom. The molecule has 0 spiro atoms. The number of aromatic nitrogens is 3. The molecular formula is C25H18Cl2F3N3O3. The highest BCUT2D eigenvalue weighted by atomic mass is 35.5. The van der Waals surface area contributed by atoms with Crippen LogP contribution in [0.1, 0.15) is 24.2 Å². The van der Waals surface area contributed by atoms with Gasteiger partial charge in [0.2, 0.25) is 0 Å². The second-order valence-corrected chi connectivity index (χ2v) is 8.51. The first-order valence-electron chi connectivity index (χ1n) is 10.6. The van der Waals surface area contributed by atoms with Gasteiger partial charge in [-0.3, -0.25) is 4.79 Å². The molecule has 1 aromatic heterocycles. The SMILES string of the molecule is CC(OC(=O)Cc1ccc(-c2ncn(-c3ccc(OC(F)(F)F)cc3)n2)cc1)c1c(Cl)cccc1Cl. The van der Waals surface area contributed by atoms with Crippen LogP contribution in [0.4, 0.5) is 13.2 Å². The lowest BCUT2D eigenvalue weighted by Crippen LogP contribution is -2.17. The molecule has 0 fully saturated rings. The molecule has 0 saturated carbocycles. The molecule has 0 bridgehead atoms. The smallest absolute Gasteiger partial charge is 0.457 e. The minimum atomic E-state index is -4.76. The molecule has 0 radical (unpaired) electrons. The van der Waals surface area contributed by atoms with Gasteiger partial charge < -0.3 is 9.47 Å². The molecule has 186 valence electrons. The zero-order valence-corrected chi connectivity index (χ0v) is 20.2. The maximum Gasteiger partial charge on any atom is 0.573 e. The van der Waals surface area contributed by atoms with Gasteiger partial charge in [-0.1, -0.05) is 53.5 Å². The van der Waals surface area contributed by atoms with Crippen molar-refractivity contribution in [3.05, 3.63) is 94.2 Å². The maximum atomic E-state index is 12.4. The van der Waals surface area contributed by atoms with Gasteiger partial charge in [-0.15, -0.1) is 18.3 Å². The molecule has 1 heterocycles. The average Bonchev–Trinajstić information content (AvgIpc) is 3.29. The number of hydrogen-bond donors (Lipinski definition) is 0. The van der Waals surface area contributed by atoms with E-state index in [9.17, 15) is 18.0 Å². The van der Waals surface area contributed by atoms with Gasteiger partial charge in [-0.25, -0.2) is 9.67 Å². The van der Waals surface area contributed by atoms with E-state index >= 15 is 0 Å². The summed E-state index contributed by atoms with van der Waals surface area (Å²) in [6.07, 6.45) is -3.88. The average molecular weight is 536 g/mol. The Kier molecular flexibility index (Phi) is 7.51. The van der Waals surface area contributed by atoms with Gasteiger partial charge in [-0.05, 0) is 48.9 Å². The summed E-state index contributed by atoms with van der Waals surface area (Å²) in [6.45, 7) is 1.70. The van der Waals surface area contributed by atoms with Crippen LogP contribution in [-0.2, 0) is 16.0 Å². The minimum Gasteiger partial charge on any atom is -0.457 e. The predicted molar refractivity (Wildman–Crippen MR) is 128 cm³/mol. The molecule has 3 aromatic carbocycles. The second-order valence-electron chi connectivity index (χ2n) is 7.70. The molecule has 1 unspecified atom stereocenters. The van der Waals surface area contributed by atoms with E-state index in [1.807, 2.05) is 0 Å². The number of alkyl halides is 3. The summed E-state index contributed by atoms with van der Waals surface area (Å²) in [5, 5.41) is 5.20. The number of esters is 1. The molecule has 0 saturated heterocycles. The lowest BCUT2D eigenvalue weighted by molar-refractivity contribution is -0.274. The van der Waals surface area contributed by atoms with Crippen molar-refractivity contribution in [3.63, 3.8) is 0 Å². The van der Waals surface area contributed by atoms with Gasteiger partial charge >= 0.3 is 12.3 Å². The van der Waals surface area contributed by atoms with E-state index in [0.29, 0.717) is 32.7 Å². The number of carbonyl (C=O) groups excluding carboxylic acids is 1. The van der Waals surface area contributed by atoms with E-state index < -0.39 is 18.4 Å². The topological polar surface area (TPSA) is 66.2 Å². The standard InChI is InChI=1S/C25H18Cl2F3N3O3/c1-15(23-20(26)3-2-4-21(23)27)35-22(34)13-16-5-7-17(8-6-16)24-31-14-33(32-24)18-9-11-19(12-10-18)36-25(28,29)30/h2-12,14-15H,13H2,1H3. The summed E-state index contributed by atoms with van der Waals surface area (Å²) >= 11 is 12.4. The summed E-state index contributed by atoms with van der Waals surface area (Å²) in [5.74, 6) is -0.363. The van der Waals surface area contributed by atoms with Gasteiger partial charge in [0.1, 0.15) is 18.2 Å². The van der Waals surface area contributed by atoms with Gasteiger partial charge in [0.15, 0.2) is 5.82 Å². The Bertz CT molecular complexity index is 1340. The Balaban J connectivity index is 1.38. The van der Waals surface area contributed by atoms with Crippen LogP contribution in [0.25, 0.3) is 17.1 Å². The quantitative estimate of drug-likeness (QED) is 0.238. The number of benzene rings is 3. The van der Waals surface area contributed by atoms with Crippen LogP contribution in [0.5, 0.6) is 5.75 Å². The molecule has 36 heavy (non-hydrogen) atoms.